The van der Waals surface area contributed by atoms with E-state index in [2.05, 4.69) is 12.2 Å². The molecule has 1 nitrogen and oxygen atoms in total. The first-order valence-electron chi connectivity index (χ1n) is 7.03. The maximum Gasteiger partial charge on any atom is 0.129 e. The average molecular weight is 326 g/mol. The molecule has 0 fully saturated rings. The van der Waals surface area contributed by atoms with E-state index < -0.39 is 0 Å². The first-order valence-corrected chi connectivity index (χ1v) is 7.79. The minimum atomic E-state index is -0.289. The molecule has 1 unspecified atom stereocenters. The number of hydrogen-bond acceptors (Lipinski definition) is 1. The van der Waals surface area contributed by atoms with Gasteiger partial charge >= 0.3 is 0 Å². The Kier molecular flexibility index (Phi) is 6.04. The van der Waals surface area contributed by atoms with Crippen molar-refractivity contribution >= 4 is 23.2 Å². The summed E-state index contributed by atoms with van der Waals surface area (Å²) in [6.07, 6.45) is 1.62. The van der Waals surface area contributed by atoms with Gasteiger partial charge in [-0.1, -0.05) is 54.4 Å². The largest absolute Gasteiger partial charge is 0.310 e. The van der Waals surface area contributed by atoms with E-state index in [0.717, 1.165) is 18.5 Å². The molecule has 0 saturated heterocycles. The second-order valence-electron chi connectivity index (χ2n) is 4.97. The standard InChI is InChI=1S/C17H18Cl2FN/c1-2-9-21-17(10-12-5-3-4-6-15(12)19)14-8-7-13(18)11-16(14)20/h3-8,11,17,21H,2,9-10H2,1H3. The van der Waals surface area contributed by atoms with Gasteiger partial charge in [0.05, 0.1) is 0 Å². The lowest BCUT2D eigenvalue weighted by Crippen LogP contribution is -2.25. The molecule has 2 rings (SSSR count). The van der Waals surface area contributed by atoms with Crippen LogP contribution in [0.5, 0.6) is 0 Å². The molecule has 0 spiro atoms. The minimum Gasteiger partial charge on any atom is -0.310 e. The highest BCUT2D eigenvalue weighted by atomic mass is 35.5. The third-order valence-corrected chi connectivity index (χ3v) is 3.96. The number of nitrogens with one attached hydrogen (secondary N) is 1. The van der Waals surface area contributed by atoms with Crippen molar-refractivity contribution in [2.75, 3.05) is 6.54 Å². The van der Waals surface area contributed by atoms with Gasteiger partial charge in [0.15, 0.2) is 0 Å². The van der Waals surface area contributed by atoms with Crippen molar-refractivity contribution in [2.45, 2.75) is 25.8 Å². The van der Waals surface area contributed by atoms with Crippen LogP contribution >= 0.6 is 23.2 Å². The molecule has 0 heterocycles. The Morgan fingerprint density at radius 1 is 1.14 bits per heavy atom. The molecule has 21 heavy (non-hydrogen) atoms. The van der Waals surface area contributed by atoms with Crippen molar-refractivity contribution in [3.05, 3.63) is 69.5 Å². The van der Waals surface area contributed by atoms with Crippen molar-refractivity contribution in [1.29, 1.82) is 0 Å². The second kappa shape index (κ2) is 7.79. The lowest BCUT2D eigenvalue weighted by molar-refractivity contribution is 0.497. The van der Waals surface area contributed by atoms with Crippen LogP contribution < -0.4 is 5.32 Å². The van der Waals surface area contributed by atoms with Crippen LogP contribution in [0.3, 0.4) is 0 Å². The molecule has 2 aromatic rings. The summed E-state index contributed by atoms with van der Waals surface area (Å²) in [7, 11) is 0. The van der Waals surface area contributed by atoms with Gasteiger partial charge in [0.1, 0.15) is 5.82 Å². The van der Waals surface area contributed by atoms with E-state index in [0.29, 0.717) is 22.0 Å². The molecule has 0 amide bonds. The van der Waals surface area contributed by atoms with E-state index in [1.807, 2.05) is 24.3 Å². The fourth-order valence-corrected chi connectivity index (χ4v) is 2.65. The second-order valence-corrected chi connectivity index (χ2v) is 5.81. The molecular weight excluding hydrogens is 308 g/mol. The molecule has 4 heteroatoms. The SMILES string of the molecule is CCCNC(Cc1ccccc1Cl)c1ccc(Cl)cc1F. The summed E-state index contributed by atoms with van der Waals surface area (Å²) in [5.74, 6) is -0.289. The van der Waals surface area contributed by atoms with E-state index in [4.69, 9.17) is 23.2 Å². The monoisotopic (exact) mass is 325 g/mol. The van der Waals surface area contributed by atoms with Gasteiger partial charge in [0, 0.05) is 21.7 Å². The number of benzene rings is 2. The zero-order valence-corrected chi connectivity index (χ0v) is 13.4. The average Bonchev–Trinajstić information content (AvgIpc) is 2.46. The Labute approximate surface area is 135 Å². The highest BCUT2D eigenvalue weighted by Gasteiger charge is 2.17. The zero-order valence-electron chi connectivity index (χ0n) is 11.9. The fourth-order valence-electron chi connectivity index (χ4n) is 2.28. The smallest absolute Gasteiger partial charge is 0.129 e. The molecule has 1 N–H and O–H groups in total. The molecule has 1 atom stereocenters. The highest BCUT2D eigenvalue weighted by Crippen LogP contribution is 2.26. The quantitative estimate of drug-likeness (QED) is 0.748. The van der Waals surface area contributed by atoms with Crippen LogP contribution in [0.4, 0.5) is 4.39 Å². The Hall–Kier alpha value is -1.09. The maximum absolute atomic E-state index is 14.2. The third-order valence-electron chi connectivity index (χ3n) is 3.36. The van der Waals surface area contributed by atoms with E-state index in [9.17, 15) is 4.39 Å². The summed E-state index contributed by atoms with van der Waals surface area (Å²) in [5.41, 5.74) is 1.62. The molecular formula is C17H18Cl2FN. The summed E-state index contributed by atoms with van der Waals surface area (Å²) in [6.45, 7) is 2.90. The topological polar surface area (TPSA) is 12.0 Å². The van der Waals surface area contributed by atoms with E-state index >= 15 is 0 Å². The molecule has 0 aliphatic rings. The molecule has 2 aromatic carbocycles. The van der Waals surface area contributed by atoms with Crippen LogP contribution in [0.15, 0.2) is 42.5 Å². The third kappa shape index (κ3) is 4.44. The van der Waals surface area contributed by atoms with Gasteiger partial charge in [-0.2, -0.15) is 0 Å². The van der Waals surface area contributed by atoms with Crippen molar-refractivity contribution in [1.82, 2.24) is 5.32 Å². The van der Waals surface area contributed by atoms with Gasteiger partial charge in [-0.25, -0.2) is 4.39 Å². The molecule has 0 radical (unpaired) electrons. The molecule has 0 bridgehead atoms. The van der Waals surface area contributed by atoms with Crippen molar-refractivity contribution in [2.24, 2.45) is 0 Å². The number of rotatable bonds is 6. The van der Waals surface area contributed by atoms with Crippen molar-refractivity contribution in [3.8, 4) is 0 Å². The van der Waals surface area contributed by atoms with E-state index in [1.54, 1.807) is 12.1 Å². The number of hydrogen-bond donors (Lipinski definition) is 1. The van der Waals surface area contributed by atoms with Crippen LogP contribution in [0.25, 0.3) is 0 Å². The van der Waals surface area contributed by atoms with Crippen LogP contribution in [-0.2, 0) is 6.42 Å². The molecule has 0 aliphatic heterocycles. The van der Waals surface area contributed by atoms with Gasteiger partial charge in [0.2, 0.25) is 0 Å². The highest BCUT2D eigenvalue weighted by molar-refractivity contribution is 6.31. The zero-order chi connectivity index (χ0) is 15.2. The van der Waals surface area contributed by atoms with Crippen molar-refractivity contribution in [3.63, 3.8) is 0 Å². The van der Waals surface area contributed by atoms with E-state index in [1.165, 1.54) is 6.07 Å². The predicted molar refractivity (Wildman–Crippen MR) is 87.6 cm³/mol. The predicted octanol–water partition coefficient (Wildman–Crippen LogP) is 5.42. The molecule has 0 saturated carbocycles. The van der Waals surface area contributed by atoms with Gasteiger partial charge in [-0.3, -0.25) is 0 Å². The van der Waals surface area contributed by atoms with Crippen LogP contribution in [0.1, 0.15) is 30.5 Å². The van der Waals surface area contributed by atoms with Gasteiger partial charge in [0.25, 0.3) is 0 Å². The lowest BCUT2D eigenvalue weighted by Gasteiger charge is -2.20. The Bertz CT molecular complexity index is 601. The maximum atomic E-state index is 14.2. The molecule has 0 aliphatic carbocycles. The Morgan fingerprint density at radius 3 is 2.57 bits per heavy atom. The molecule has 112 valence electrons. The fraction of sp³-hybridized carbons (Fsp3) is 0.294. The van der Waals surface area contributed by atoms with Crippen LogP contribution in [-0.4, -0.2) is 6.54 Å². The summed E-state index contributed by atoms with van der Waals surface area (Å²) >= 11 is 12.0. The van der Waals surface area contributed by atoms with Crippen LogP contribution in [0, 0.1) is 5.82 Å². The first-order chi connectivity index (χ1) is 10.1. The first kappa shape index (κ1) is 16.3. The lowest BCUT2D eigenvalue weighted by atomic mass is 9.98. The van der Waals surface area contributed by atoms with E-state index in [-0.39, 0.29) is 11.9 Å². The summed E-state index contributed by atoms with van der Waals surface area (Å²) in [4.78, 5) is 0. The normalized spacial score (nSPS) is 12.4. The Morgan fingerprint density at radius 2 is 1.90 bits per heavy atom. The Balaban J connectivity index is 2.27. The minimum absolute atomic E-state index is 0.123. The van der Waals surface area contributed by atoms with Gasteiger partial charge < -0.3 is 5.32 Å². The number of halogens is 3. The summed E-state index contributed by atoms with van der Waals surface area (Å²) in [6, 6.07) is 12.3. The summed E-state index contributed by atoms with van der Waals surface area (Å²) in [5, 5.41) is 4.49. The van der Waals surface area contributed by atoms with Crippen molar-refractivity contribution < 1.29 is 4.39 Å². The molecule has 0 aromatic heterocycles. The summed E-state index contributed by atoms with van der Waals surface area (Å²) < 4.78 is 14.2. The van der Waals surface area contributed by atoms with Gasteiger partial charge in [-0.05, 0) is 43.1 Å². The van der Waals surface area contributed by atoms with Crippen LogP contribution in [0.2, 0.25) is 10.0 Å². The van der Waals surface area contributed by atoms with Gasteiger partial charge in [-0.15, -0.1) is 0 Å².